The summed E-state index contributed by atoms with van der Waals surface area (Å²) in [5.41, 5.74) is 2.17. The third-order valence-electron chi connectivity index (χ3n) is 4.73. The fourth-order valence-electron chi connectivity index (χ4n) is 3.30. The molecule has 4 nitrogen and oxygen atoms in total. The number of carbonyl (C=O) groups excluding carboxylic acids is 1. The second-order valence-electron chi connectivity index (χ2n) is 6.69. The van der Waals surface area contributed by atoms with E-state index in [9.17, 15) is 4.79 Å². The Morgan fingerprint density at radius 3 is 2.29 bits per heavy atom. The van der Waals surface area contributed by atoms with Gasteiger partial charge in [-0.25, -0.2) is 0 Å². The number of halogens is 1. The largest absolute Gasteiger partial charge is 0.347 e. The van der Waals surface area contributed by atoms with Crippen molar-refractivity contribution in [1.82, 2.24) is 4.90 Å². The highest BCUT2D eigenvalue weighted by Crippen LogP contribution is 2.32. The minimum Gasteiger partial charge on any atom is -0.347 e. The van der Waals surface area contributed by atoms with Gasteiger partial charge in [0, 0.05) is 36.5 Å². The maximum Gasteiger partial charge on any atom is 0.246 e. The monoisotopic (exact) mass is 393 g/mol. The lowest BCUT2D eigenvalue weighted by atomic mass is 9.94. The molecule has 0 unspecified atom stereocenters. The molecular weight excluding hydrogens is 370 g/mol. The number of allylic oxidation sites excluding steroid dienone is 1. The van der Waals surface area contributed by atoms with Crippen molar-refractivity contribution in [2.75, 3.05) is 26.3 Å². The molecule has 0 aliphatic carbocycles. The van der Waals surface area contributed by atoms with Gasteiger partial charge in [-0.3, -0.25) is 4.79 Å². The molecule has 130 valence electrons. The minimum atomic E-state index is -0.437. The Kier molecular flexibility index (Phi) is 5.42. The van der Waals surface area contributed by atoms with E-state index in [1.165, 1.54) is 0 Å². The van der Waals surface area contributed by atoms with E-state index >= 15 is 0 Å². The number of likely N-dealkylation sites (tertiary alicyclic amines) is 1. The van der Waals surface area contributed by atoms with Gasteiger partial charge in [0.1, 0.15) is 0 Å². The summed E-state index contributed by atoms with van der Waals surface area (Å²) in [7, 11) is 0. The fraction of sp³-hybridized carbons (Fsp3) is 0.526. The lowest BCUT2D eigenvalue weighted by molar-refractivity contribution is -0.186. The van der Waals surface area contributed by atoms with Gasteiger partial charge in [-0.05, 0) is 29.2 Å². The second kappa shape index (κ2) is 7.38. The first-order valence-corrected chi connectivity index (χ1v) is 9.33. The van der Waals surface area contributed by atoms with Gasteiger partial charge in [-0.15, -0.1) is 0 Å². The molecule has 24 heavy (non-hydrogen) atoms. The van der Waals surface area contributed by atoms with E-state index in [-0.39, 0.29) is 11.8 Å². The molecular formula is C19H24BrNO3. The van der Waals surface area contributed by atoms with Crippen molar-refractivity contribution >= 4 is 27.4 Å². The number of hydrogen-bond donors (Lipinski definition) is 0. The van der Waals surface area contributed by atoms with E-state index in [4.69, 9.17) is 9.47 Å². The molecule has 0 radical (unpaired) electrons. The Morgan fingerprint density at radius 2 is 1.75 bits per heavy atom. The van der Waals surface area contributed by atoms with E-state index in [2.05, 4.69) is 41.9 Å². The number of piperidine rings is 1. The third kappa shape index (κ3) is 3.90. The van der Waals surface area contributed by atoms with Crippen molar-refractivity contribution in [2.24, 2.45) is 5.92 Å². The summed E-state index contributed by atoms with van der Waals surface area (Å²) in [5.74, 6) is -0.0743. The molecule has 2 aliphatic heterocycles. The Bertz CT molecular complexity index is 608. The summed E-state index contributed by atoms with van der Waals surface area (Å²) >= 11 is 3.46. The zero-order chi connectivity index (χ0) is 17.2. The first-order valence-electron chi connectivity index (χ1n) is 8.53. The van der Waals surface area contributed by atoms with Crippen LogP contribution < -0.4 is 0 Å². The van der Waals surface area contributed by atoms with Crippen LogP contribution in [0.3, 0.4) is 0 Å². The van der Waals surface area contributed by atoms with Gasteiger partial charge in [-0.1, -0.05) is 41.9 Å². The van der Waals surface area contributed by atoms with E-state index < -0.39 is 5.79 Å². The molecule has 1 amide bonds. The Labute approximate surface area is 151 Å². The number of amides is 1. The number of rotatable bonds is 3. The van der Waals surface area contributed by atoms with Crippen LogP contribution in [0.5, 0.6) is 0 Å². The van der Waals surface area contributed by atoms with Gasteiger partial charge in [0.15, 0.2) is 5.79 Å². The molecule has 5 heteroatoms. The maximum atomic E-state index is 12.7. The molecule has 0 aromatic heterocycles. The summed E-state index contributed by atoms with van der Waals surface area (Å²) in [6.45, 7) is 6.92. The average molecular weight is 394 g/mol. The molecule has 0 saturated carbocycles. The summed E-state index contributed by atoms with van der Waals surface area (Å²) in [6.07, 6.45) is 3.30. The highest BCUT2D eigenvalue weighted by Gasteiger charge is 2.40. The number of carbonyl (C=O) groups is 1. The zero-order valence-electron chi connectivity index (χ0n) is 14.3. The van der Waals surface area contributed by atoms with Crippen LogP contribution in [0.1, 0.15) is 32.3 Å². The summed E-state index contributed by atoms with van der Waals surface area (Å²) < 4.78 is 12.5. The van der Waals surface area contributed by atoms with Crippen LogP contribution in [-0.4, -0.2) is 42.9 Å². The van der Waals surface area contributed by atoms with Crippen molar-refractivity contribution in [3.8, 4) is 0 Å². The molecule has 0 atom stereocenters. The van der Waals surface area contributed by atoms with E-state index in [1.807, 2.05) is 17.0 Å². The first kappa shape index (κ1) is 17.6. The third-order valence-corrected chi connectivity index (χ3v) is 5.26. The van der Waals surface area contributed by atoms with Crippen LogP contribution in [0.4, 0.5) is 0 Å². The maximum absolute atomic E-state index is 12.7. The Balaban J connectivity index is 1.71. The lowest BCUT2D eigenvalue weighted by Gasteiger charge is -2.37. The summed E-state index contributed by atoms with van der Waals surface area (Å²) in [6, 6.07) is 8.12. The predicted octanol–water partition coefficient (Wildman–Crippen LogP) is 3.85. The standard InChI is InChI=1S/C19H24BrNO3/c1-14(2)17(15-3-5-16(20)6-4-15)13-18(22)21-9-7-19(8-10-21)23-11-12-24-19/h3-6,13-14H,7-12H2,1-2H3/b17-13+. The van der Waals surface area contributed by atoms with Crippen molar-refractivity contribution in [1.29, 1.82) is 0 Å². The van der Waals surface area contributed by atoms with Crippen LogP contribution in [0.15, 0.2) is 34.8 Å². The number of benzene rings is 1. The van der Waals surface area contributed by atoms with Crippen LogP contribution in [-0.2, 0) is 14.3 Å². The molecule has 2 aliphatic rings. The van der Waals surface area contributed by atoms with E-state index in [1.54, 1.807) is 6.08 Å². The van der Waals surface area contributed by atoms with Crippen LogP contribution in [0.2, 0.25) is 0 Å². The number of hydrogen-bond acceptors (Lipinski definition) is 3. The van der Waals surface area contributed by atoms with E-state index in [0.29, 0.717) is 26.3 Å². The molecule has 1 aromatic rings. The molecule has 3 rings (SSSR count). The second-order valence-corrected chi connectivity index (χ2v) is 7.61. The normalized spacial score (nSPS) is 20.8. The lowest BCUT2D eigenvalue weighted by Crippen LogP contribution is -2.46. The van der Waals surface area contributed by atoms with E-state index in [0.717, 1.165) is 28.5 Å². The molecule has 0 bridgehead atoms. The average Bonchev–Trinajstić information content (AvgIpc) is 3.02. The van der Waals surface area contributed by atoms with Gasteiger partial charge < -0.3 is 14.4 Å². The van der Waals surface area contributed by atoms with Crippen LogP contribution in [0, 0.1) is 5.92 Å². The Morgan fingerprint density at radius 1 is 1.17 bits per heavy atom. The molecule has 2 saturated heterocycles. The fourth-order valence-corrected chi connectivity index (χ4v) is 3.57. The number of ether oxygens (including phenoxy) is 2. The molecule has 1 spiro atoms. The minimum absolute atomic E-state index is 0.0782. The van der Waals surface area contributed by atoms with Crippen LogP contribution in [0.25, 0.3) is 5.57 Å². The molecule has 2 fully saturated rings. The van der Waals surface area contributed by atoms with Crippen molar-refractivity contribution in [2.45, 2.75) is 32.5 Å². The van der Waals surface area contributed by atoms with Crippen molar-refractivity contribution in [3.05, 3.63) is 40.4 Å². The topological polar surface area (TPSA) is 38.8 Å². The quantitative estimate of drug-likeness (QED) is 0.731. The zero-order valence-corrected chi connectivity index (χ0v) is 15.8. The van der Waals surface area contributed by atoms with Gasteiger partial charge in [0.2, 0.25) is 5.91 Å². The highest BCUT2D eigenvalue weighted by molar-refractivity contribution is 9.10. The SMILES string of the molecule is CC(C)/C(=C\C(=O)N1CCC2(CC1)OCCO2)c1ccc(Br)cc1. The van der Waals surface area contributed by atoms with Crippen LogP contribution >= 0.6 is 15.9 Å². The predicted molar refractivity (Wildman–Crippen MR) is 97.4 cm³/mol. The summed E-state index contributed by atoms with van der Waals surface area (Å²) in [4.78, 5) is 14.6. The van der Waals surface area contributed by atoms with Gasteiger partial charge in [0.05, 0.1) is 13.2 Å². The van der Waals surface area contributed by atoms with Gasteiger partial charge in [0.25, 0.3) is 0 Å². The van der Waals surface area contributed by atoms with Gasteiger partial charge in [-0.2, -0.15) is 0 Å². The highest BCUT2D eigenvalue weighted by atomic mass is 79.9. The van der Waals surface area contributed by atoms with Crippen molar-refractivity contribution < 1.29 is 14.3 Å². The Hall–Kier alpha value is -1.17. The molecule has 1 aromatic carbocycles. The summed E-state index contributed by atoms with van der Waals surface area (Å²) in [5, 5.41) is 0. The molecule has 2 heterocycles. The van der Waals surface area contributed by atoms with Gasteiger partial charge >= 0.3 is 0 Å². The number of nitrogens with zero attached hydrogens (tertiary/aromatic N) is 1. The smallest absolute Gasteiger partial charge is 0.246 e. The first-order chi connectivity index (χ1) is 11.5. The van der Waals surface area contributed by atoms with Crippen molar-refractivity contribution in [3.63, 3.8) is 0 Å². The molecule has 0 N–H and O–H groups in total.